The Kier molecular flexibility index (Phi) is 4.82. The van der Waals surface area contributed by atoms with Crippen LogP contribution in [-0.4, -0.2) is 0 Å². The maximum atomic E-state index is 6.57. The van der Waals surface area contributed by atoms with Crippen molar-refractivity contribution >= 4 is 66.4 Å². The molecule has 0 fully saturated rings. The van der Waals surface area contributed by atoms with Gasteiger partial charge in [-0.25, -0.2) is 0 Å². The summed E-state index contributed by atoms with van der Waals surface area (Å²) in [7, 11) is 0. The number of halogens is 4. The summed E-state index contributed by atoms with van der Waals surface area (Å²) >= 11 is 21.3. The molecule has 0 N–H and O–H groups in total. The fourth-order valence-electron chi connectivity index (χ4n) is 1.72. The van der Waals surface area contributed by atoms with Crippen LogP contribution in [0.1, 0.15) is 26.9 Å². The quantitative estimate of drug-likeness (QED) is 0.458. The minimum atomic E-state index is -0.145. The van der Waals surface area contributed by atoms with Gasteiger partial charge in [0.1, 0.15) is 0 Å². The lowest BCUT2D eigenvalue weighted by atomic mass is 10.0. The molecule has 1 unspecified atom stereocenters. The average molecular weight is 429 g/mol. The van der Waals surface area contributed by atoms with E-state index in [0.29, 0.717) is 0 Å². The predicted octanol–water partition coefficient (Wildman–Crippen LogP) is 6.87. The highest BCUT2D eigenvalue weighted by Gasteiger charge is 2.18. The number of benzene rings is 1. The van der Waals surface area contributed by atoms with Gasteiger partial charge in [0.15, 0.2) is 0 Å². The first-order chi connectivity index (χ1) is 8.40. The Hall–Kier alpha value is 0.460. The van der Waals surface area contributed by atoms with Crippen LogP contribution in [-0.2, 0) is 0 Å². The van der Waals surface area contributed by atoms with E-state index >= 15 is 0 Å². The van der Waals surface area contributed by atoms with Crippen LogP contribution in [0.5, 0.6) is 0 Å². The van der Waals surface area contributed by atoms with Crippen molar-refractivity contribution in [1.82, 2.24) is 0 Å². The molecule has 0 radical (unpaired) electrons. The molecule has 0 spiro atoms. The fraction of sp³-hybridized carbons (Fsp3) is 0.231. The molecule has 0 amide bonds. The number of rotatable bonds is 2. The van der Waals surface area contributed by atoms with E-state index in [2.05, 4.69) is 44.0 Å². The summed E-state index contributed by atoms with van der Waals surface area (Å²) in [4.78, 5) is 1.11. The second-order valence-electron chi connectivity index (χ2n) is 4.09. The molecule has 1 heterocycles. The van der Waals surface area contributed by atoms with Gasteiger partial charge >= 0.3 is 0 Å². The van der Waals surface area contributed by atoms with Crippen molar-refractivity contribution in [3.8, 4) is 0 Å². The van der Waals surface area contributed by atoms with Gasteiger partial charge < -0.3 is 0 Å². The first-order valence-electron chi connectivity index (χ1n) is 5.25. The average Bonchev–Trinajstić information content (AvgIpc) is 2.63. The lowest BCUT2D eigenvalue weighted by molar-refractivity contribution is 1.13. The van der Waals surface area contributed by atoms with Gasteiger partial charge in [-0.3, -0.25) is 0 Å². The Morgan fingerprint density at radius 3 is 2.33 bits per heavy atom. The number of hydrogen-bond donors (Lipinski definition) is 0. The first-order valence-corrected chi connectivity index (χ1v) is 8.47. The Morgan fingerprint density at radius 1 is 1.11 bits per heavy atom. The molecule has 0 saturated heterocycles. The summed E-state index contributed by atoms with van der Waals surface area (Å²) in [5.41, 5.74) is 3.28. The highest BCUT2D eigenvalue weighted by atomic mass is 79.9. The lowest BCUT2D eigenvalue weighted by Crippen LogP contribution is -1.95. The Bertz CT molecular complexity index is 573. The van der Waals surface area contributed by atoms with Crippen LogP contribution in [0.25, 0.3) is 0 Å². The third-order valence-electron chi connectivity index (χ3n) is 2.73. The third kappa shape index (κ3) is 2.96. The molecule has 1 aromatic carbocycles. The monoisotopic (exact) mass is 426 g/mol. The van der Waals surface area contributed by atoms with Gasteiger partial charge in [0.2, 0.25) is 0 Å². The number of alkyl halides is 1. The molecule has 2 rings (SSSR count). The van der Waals surface area contributed by atoms with Gasteiger partial charge in [0, 0.05) is 14.4 Å². The Balaban J connectivity index is 2.45. The molecule has 2 aromatic rings. The van der Waals surface area contributed by atoms with Gasteiger partial charge in [-0.05, 0) is 74.5 Å². The van der Waals surface area contributed by atoms with Gasteiger partial charge in [-0.15, -0.1) is 22.9 Å². The zero-order valence-electron chi connectivity index (χ0n) is 9.73. The summed E-state index contributed by atoms with van der Waals surface area (Å²) < 4.78 is 2.10. The van der Waals surface area contributed by atoms with Crippen LogP contribution in [0.15, 0.2) is 26.5 Å². The molecule has 18 heavy (non-hydrogen) atoms. The van der Waals surface area contributed by atoms with E-state index in [9.17, 15) is 0 Å². The molecule has 0 bridgehead atoms. The highest BCUT2D eigenvalue weighted by Crippen LogP contribution is 2.41. The molecule has 0 aliphatic heterocycles. The van der Waals surface area contributed by atoms with E-state index in [1.807, 2.05) is 19.9 Å². The smallest absolute Gasteiger partial charge is 0.0931 e. The second kappa shape index (κ2) is 5.84. The van der Waals surface area contributed by atoms with Crippen molar-refractivity contribution in [3.63, 3.8) is 0 Å². The number of thiophene rings is 1. The van der Waals surface area contributed by atoms with Crippen molar-refractivity contribution in [3.05, 3.63) is 53.0 Å². The summed E-state index contributed by atoms with van der Waals surface area (Å²) in [6, 6.07) is 6.09. The molecule has 5 heteroatoms. The van der Waals surface area contributed by atoms with Gasteiger partial charge in [0.05, 0.1) is 9.16 Å². The molecular weight excluding hydrogens is 419 g/mol. The van der Waals surface area contributed by atoms with Crippen LogP contribution >= 0.6 is 66.4 Å². The van der Waals surface area contributed by atoms with Gasteiger partial charge in [0.25, 0.3) is 0 Å². The van der Waals surface area contributed by atoms with Crippen LogP contribution in [0.3, 0.4) is 0 Å². The summed E-state index contributed by atoms with van der Waals surface area (Å²) in [5.74, 6) is 0. The topological polar surface area (TPSA) is 0 Å². The zero-order valence-corrected chi connectivity index (χ0v) is 15.2. The zero-order chi connectivity index (χ0) is 13.4. The summed E-state index contributed by atoms with van der Waals surface area (Å²) in [6.07, 6.45) is 0. The molecule has 0 aliphatic rings. The summed E-state index contributed by atoms with van der Waals surface area (Å²) in [6.45, 7) is 4.03. The van der Waals surface area contributed by atoms with Gasteiger partial charge in [-0.1, -0.05) is 17.7 Å². The number of hydrogen-bond acceptors (Lipinski definition) is 1. The largest absolute Gasteiger partial charge is 0.130 e. The van der Waals surface area contributed by atoms with E-state index in [4.69, 9.17) is 23.2 Å². The van der Waals surface area contributed by atoms with Crippen molar-refractivity contribution in [2.45, 2.75) is 19.2 Å². The minimum absolute atomic E-state index is 0.145. The van der Waals surface area contributed by atoms with E-state index < -0.39 is 0 Å². The molecule has 96 valence electrons. The van der Waals surface area contributed by atoms with Crippen molar-refractivity contribution in [2.24, 2.45) is 0 Å². The first kappa shape index (κ1) is 14.9. The van der Waals surface area contributed by atoms with Crippen molar-refractivity contribution in [2.75, 3.05) is 0 Å². The maximum Gasteiger partial charge on any atom is 0.0931 e. The highest BCUT2D eigenvalue weighted by molar-refractivity contribution is 9.13. The minimum Gasteiger partial charge on any atom is -0.130 e. The maximum absolute atomic E-state index is 6.57. The molecule has 0 aliphatic carbocycles. The molecular formula is C13H10Br2Cl2S. The van der Waals surface area contributed by atoms with Crippen molar-refractivity contribution < 1.29 is 0 Å². The van der Waals surface area contributed by atoms with Crippen LogP contribution in [0.4, 0.5) is 0 Å². The second-order valence-corrected chi connectivity index (χ2v) is 8.19. The van der Waals surface area contributed by atoms with E-state index in [1.54, 1.807) is 11.3 Å². The Morgan fingerprint density at radius 2 is 1.78 bits per heavy atom. The van der Waals surface area contributed by atoms with Gasteiger partial charge in [-0.2, -0.15) is 0 Å². The standard InChI is InChI=1S/C13H10Br2Cl2S/c1-6-4-10(16)7(2)3-8(6)12(17)11-5-9(14)13(15)18-11/h3-5,12H,1-2H3. The molecule has 1 aromatic heterocycles. The SMILES string of the molecule is Cc1cc(C(Cl)c2cc(Br)c(Br)s2)c(C)cc1Cl. The van der Waals surface area contributed by atoms with E-state index in [1.165, 1.54) is 0 Å². The number of aryl methyl sites for hydroxylation is 2. The van der Waals surface area contributed by atoms with E-state index in [0.717, 1.165) is 34.8 Å². The fourth-order valence-corrected chi connectivity index (χ4v) is 4.45. The third-order valence-corrected chi connectivity index (χ3v) is 7.06. The van der Waals surface area contributed by atoms with Crippen LogP contribution < -0.4 is 0 Å². The normalized spacial score (nSPS) is 12.8. The van der Waals surface area contributed by atoms with E-state index in [-0.39, 0.29) is 5.38 Å². The predicted molar refractivity (Wildman–Crippen MR) is 88.3 cm³/mol. The van der Waals surface area contributed by atoms with Crippen molar-refractivity contribution in [1.29, 1.82) is 0 Å². The summed E-state index contributed by atoms with van der Waals surface area (Å²) in [5, 5.41) is 0.641. The Labute approximate surface area is 138 Å². The molecule has 0 saturated carbocycles. The molecule has 0 nitrogen and oxygen atoms in total. The van der Waals surface area contributed by atoms with Crippen LogP contribution in [0.2, 0.25) is 5.02 Å². The van der Waals surface area contributed by atoms with Crippen LogP contribution in [0, 0.1) is 13.8 Å². The lowest BCUT2D eigenvalue weighted by Gasteiger charge is -2.13. The molecule has 1 atom stereocenters.